The highest BCUT2D eigenvalue weighted by molar-refractivity contribution is 6.34. The van der Waals surface area contributed by atoms with Crippen molar-refractivity contribution >= 4 is 28.9 Å². The normalized spacial score (nSPS) is 9.88. The molecule has 1 aromatic carbocycles. The Labute approximate surface area is 94.5 Å². The van der Waals surface area contributed by atoms with Crippen molar-refractivity contribution in [1.82, 2.24) is 0 Å². The zero-order valence-corrected chi connectivity index (χ0v) is 8.82. The quantitative estimate of drug-likeness (QED) is 0.475. The molecule has 8 heteroatoms. The zero-order valence-electron chi connectivity index (χ0n) is 8.06. The summed E-state index contributed by atoms with van der Waals surface area (Å²) in [6.45, 7) is 0. The molecule has 0 aliphatic heterocycles. The van der Waals surface area contributed by atoms with E-state index in [1.807, 2.05) is 0 Å². The molecule has 0 fully saturated rings. The Balaban J connectivity index is 3.68. The molecule has 0 heterocycles. The number of benzene rings is 1. The van der Waals surface area contributed by atoms with E-state index in [-0.39, 0.29) is 10.7 Å². The van der Waals surface area contributed by atoms with Gasteiger partial charge in [0.15, 0.2) is 0 Å². The van der Waals surface area contributed by atoms with E-state index in [1.54, 1.807) is 0 Å². The number of nitrogen functional groups attached to an aromatic ring is 1. The summed E-state index contributed by atoms with van der Waals surface area (Å²) in [5, 5.41) is 19.3. The number of nitro groups is 1. The summed E-state index contributed by atoms with van der Waals surface area (Å²) in [5.74, 6) is -1.80. The Morgan fingerprint density at radius 3 is 2.62 bits per heavy atom. The van der Waals surface area contributed by atoms with Crippen LogP contribution in [-0.4, -0.2) is 23.1 Å². The summed E-state index contributed by atoms with van der Waals surface area (Å²) >= 11 is 5.59. The molecular weight excluding hydrogens is 240 g/mol. The summed E-state index contributed by atoms with van der Waals surface area (Å²) in [6.07, 6.45) is 0. The smallest absolute Gasteiger partial charge is 0.339 e. The van der Waals surface area contributed by atoms with E-state index in [1.165, 1.54) is 0 Å². The summed E-state index contributed by atoms with van der Waals surface area (Å²) in [6, 6.07) is 1.01. The third-order valence-corrected chi connectivity index (χ3v) is 2.17. The Kier molecular flexibility index (Phi) is 3.19. The van der Waals surface area contributed by atoms with Gasteiger partial charge in [0.05, 0.1) is 17.1 Å². The van der Waals surface area contributed by atoms with Crippen molar-refractivity contribution in [2.24, 2.45) is 0 Å². The largest absolute Gasteiger partial charge is 0.489 e. The van der Waals surface area contributed by atoms with E-state index in [9.17, 15) is 14.9 Å². The first-order valence-electron chi connectivity index (χ1n) is 3.93. The van der Waals surface area contributed by atoms with E-state index in [0.717, 1.165) is 13.2 Å². The van der Waals surface area contributed by atoms with Crippen LogP contribution in [0.4, 0.5) is 11.4 Å². The van der Waals surface area contributed by atoms with Gasteiger partial charge in [-0.3, -0.25) is 10.1 Å². The number of carboxylic acid groups (broad SMARTS) is 1. The number of nitrogens with zero attached hydrogens (tertiary/aromatic N) is 1. The molecule has 86 valence electrons. The molecular formula is C8H7ClN2O5. The first kappa shape index (κ1) is 12.1. The number of nitrogens with two attached hydrogens (primary N) is 1. The molecule has 0 aliphatic rings. The number of ether oxygens (including phenoxy) is 1. The second-order valence-corrected chi connectivity index (χ2v) is 3.17. The van der Waals surface area contributed by atoms with Crippen LogP contribution in [0.1, 0.15) is 10.4 Å². The summed E-state index contributed by atoms with van der Waals surface area (Å²) in [4.78, 5) is 20.7. The van der Waals surface area contributed by atoms with Crippen LogP contribution >= 0.6 is 11.6 Å². The van der Waals surface area contributed by atoms with Crippen molar-refractivity contribution in [3.8, 4) is 5.75 Å². The number of hydrogen-bond acceptors (Lipinski definition) is 5. The maximum Gasteiger partial charge on any atom is 0.339 e. The molecule has 0 saturated carbocycles. The van der Waals surface area contributed by atoms with Gasteiger partial charge in [0.25, 0.3) is 0 Å². The van der Waals surface area contributed by atoms with Crippen LogP contribution in [0.5, 0.6) is 5.75 Å². The summed E-state index contributed by atoms with van der Waals surface area (Å²) in [5.41, 5.74) is 4.00. The molecule has 0 aromatic heterocycles. The predicted molar refractivity (Wildman–Crippen MR) is 56.0 cm³/mol. The minimum absolute atomic E-state index is 0.204. The maximum atomic E-state index is 10.8. The Hall–Kier alpha value is -2.02. The van der Waals surface area contributed by atoms with Crippen molar-refractivity contribution in [2.75, 3.05) is 12.8 Å². The fourth-order valence-electron chi connectivity index (χ4n) is 1.18. The third-order valence-electron chi connectivity index (χ3n) is 1.86. The van der Waals surface area contributed by atoms with Crippen molar-refractivity contribution in [2.45, 2.75) is 0 Å². The van der Waals surface area contributed by atoms with Crippen molar-refractivity contribution < 1.29 is 19.6 Å². The Morgan fingerprint density at radius 1 is 1.69 bits per heavy atom. The van der Waals surface area contributed by atoms with Crippen LogP contribution < -0.4 is 10.5 Å². The number of nitro benzene ring substituents is 1. The fourth-order valence-corrected chi connectivity index (χ4v) is 1.38. The third kappa shape index (κ3) is 1.84. The summed E-state index contributed by atoms with van der Waals surface area (Å²) in [7, 11) is 1.11. The molecule has 1 rings (SSSR count). The zero-order chi connectivity index (χ0) is 12.5. The van der Waals surface area contributed by atoms with Gasteiger partial charge >= 0.3 is 11.7 Å². The standard InChI is InChI=1S/C8H7ClN2O5/c1-16-7-3(8(12)13)2-4(9)5(10)6(7)11(14)15/h2H,10H2,1H3,(H,12,13). The number of anilines is 1. The lowest BCUT2D eigenvalue weighted by atomic mass is 10.1. The van der Waals surface area contributed by atoms with E-state index >= 15 is 0 Å². The molecule has 3 N–H and O–H groups in total. The van der Waals surface area contributed by atoms with Crippen molar-refractivity contribution in [1.29, 1.82) is 0 Å². The topological polar surface area (TPSA) is 116 Å². The van der Waals surface area contributed by atoms with Gasteiger partial charge in [0.1, 0.15) is 11.3 Å². The van der Waals surface area contributed by atoms with Crippen LogP contribution in [0.2, 0.25) is 5.02 Å². The monoisotopic (exact) mass is 246 g/mol. The first-order valence-corrected chi connectivity index (χ1v) is 4.31. The number of methoxy groups -OCH3 is 1. The van der Waals surface area contributed by atoms with Gasteiger partial charge in [0, 0.05) is 0 Å². The number of carbonyl (C=O) groups is 1. The fraction of sp³-hybridized carbons (Fsp3) is 0.125. The molecule has 0 bridgehead atoms. The van der Waals surface area contributed by atoms with Crippen molar-refractivity contribution in [3.63, 3.8) is 0 Å². The second kappa shape index (κ2) is 4.23. The van der Waals surface area contributed by atoms with Gasteiger partial charge in [0.2, 0.25) is 5.75 Å². The number of carboxylic acids is 1. The number of aromatic carboxylic acids is 1. The summed E-state index contributed by atoms with van der Waals surface area (Å²) < 4.78 is 4.67. The second-order valence-electron chi connectivity index (χ2n) is 2.76. The lowest BCUT2D eigenvalue weighted by Crippen LogP contribution is -2.06. The molecule has 0 amide bonds. The van der Waals surface area contributed by atoms with Gasteiger partial charge in [-0.1, -0.05) is 11.6 Å². The highest BCUT2D eigenvalue weighted by Gasteiger charge is 2.28. The minimum Gasteiger partial charge on any atom is -0.489 e. The SMILES string of the molecule is COc1c(C(=O)O)cc(Cl)c(N)c1[N+](=O)[O-]. The van der Waals surface area contributed by atoms with Gasteiger partial charge in [-0.2, -0.15) is 0 Å². The molecule has 0 aliphatic carbocycles. The molecule has 0 radical (unpaired) electrons. The van der Waals surface area contributed by atoms with E-state index in [4.69, 9.17) is 22.4 Å². The lowest BCUT2D eigenvalue weighted by molar-refractivity contribution is -0.384. The number of halogens is 1. The Morgan fingerprint density at radius 2 is 2.25 bits per heavy atom. The van der Waals surface area contributed by atoms with Crippen molar-refractivity contribution in [3.05, 3.63) is 26.8 Å². The van der Waals surface area contributed by atoms with Crippen LogP contribution in [0.3, 0.4) is 0 Å². The van der Waals surface area contributed by atoms with Gasteiger partial charge in [-0.25, -0.2) is 4.79 Å². The Bertz CT molecular complexity index is 474. The molecule has 0 saturated heterocycles. The molecule has 16 heavy (non-hydrogen) atoms. The molecule has 0 unspecified atom stereocenters. The molecule has 1 aromatic rings. The predicted octanol–water partition coefficient (Wildman–Crippen LogP) is 1.54. The maximum absolute atomic E-state index is 10.8. The van der Waals surface area contributed by atoms with Crippen LogP contribution in [0.25, 0.3) is 0 Å². The minimum atomic E-state index is -1.39. The van der Waals surface area contributed by atoms with E-state index in [0.29, 0.717) is 0 Å². The van der Waals surface area contributed by atoms with Crippen LogP contribution in [0, 0.1) is 10.1 Å². The van der Waals surface area contributed by atoms with Crippen LogP contribution in [0.15, 0.2) is 6.07 Å². The van der Waals surface area contributed by atoms with Gasteiger partial charge in [-0.15, -0.1) is 0 Å². The van der Waals surface area contributed by atoms with Gasteiger partial charge in [-0.05, 0) is 6.07 Å². The molecule has 0 atom stereocenters. The number of hydrogen-bond donors (Lipinski definition) is 2. The van der Waals surface area contributed by atoms with Crippen LogP contribution in [-0.2, 0) is 0 Å². The molecule has 0 spiro atoms. The molecule has 7 nitrogen and oxygen atoms in total. The highest BCUT2D eigenvalue weighted by Crippen LogP contribution is 2.40. The number of rotatable bonds is 3. The average molecular weight is 247 g/mol. The van der Waals surface area contributed by atoms with E-state index < -0.39 is 27.9 Å². The van der Waals surface area contributed by atoms with E-state index in [2.05, 4.69) is 4.74 Å². The highest BCUT2D eigenvalue weighted by atomic mass is 35.5. The van der Waals surface area contributed by atoms with Gasteiger partial charge < -0.3 is 15.6 Å². The first-order chi connectivity index (χ1) is 7.40. The lowest BCUT2D eigenvalue weighted by Gasteiger charge is -2.08. The average Bonchev–Trinajstić information content (AvgIpc) is 2.20.